The van der Waals surface area contributed by atoms with Crippen LogP contribution in [0.3, 0.4) is 0 Å². The first-order valence-corrected chi connectivity index (χ1v) is 18.2. The molecule has 49 heavy (non-hydrogen) atoms. The van der Waals surface area contributed by atoms with E-state index in [9.17, 15) is 0 Å². The average molecular weight is 689 g/mol. The second-order valence-corrected chi connectivity index (χ2v) is 14.5. The van der Waals surface area contributed by atoms with Crippen LogP contribution in [0.15, 0.2) is 164 Å². The summed E-state index contributed by atoms with van der Waals surface area (Å²) in [4.78, 5) is 15.5. The van der Waals surface area contributed by atoms with Gasteiger partial charge in [0.15, 0.2) is 0 Å². The Morgan fingerprint density at radius 3 is 1.37 bits per heavy atom. The summed E-state index contributed by atoms with van der Waals surface area (Å²) in [5, 5.41) is 10.0. The molecule has 0 saturated carbocycles. The Labute approximate surface area is 288 Å². The van der Waals surface area contributed by atoms with Crippen LogP contribution in [-0.2, 0) is 0 Å². The molecule has 8 aromatic carbocycles. The van der Waals surface area contributed by atoms with E-state index in [1.807, 2.05) is 18.2 Å². The summed E-state index contributed by atoms with van der Waals surface area (Å²) in [6.07, 6.45) is 0. The van der Waals surface area contributed by atoms with E-state index in [1.165, 1.54) is 62.7 Å². The molecule has 2 aromatic heterocycles. The summed E-state index contributed by atoms with van der Waals surface area (Å²) < 4.78 is 2.73. The van der Waals surface area contributed by atoms with Gasteiger partial charge >= 0.3 is 284 Å². The zero-order valence-corrected chi connectivity index (χ0v) is 28.1. The minimum atomic E-state index is 0.0797. The first-order chi connectivity index (χ1) is 24.3. The third kappa shape index (κ3) is 4.61. The van der Waals surface area contributed by atoms with Crippen molar-refractivity contribution < 1.29 is 0 Å². The molecular formula is C45H27N3Se. The molecule has 0 bridgehead atoms. The van der Waals surface area contributed by atoms with Crippen molar-refractivity contribution in [2.75, 3.05) is 0 Å². The standard InChI is InChI=1S/C45H27N3Se/c1-3-13-28(14-4-1)31-21-11-22-37-38-23-12-24-39(42(38)49-41(31)37)45-47-43(29-15-5-2-6-16-29)46-44(48-45)30-25-26-36-34-19-8-7-17-32(34)33-18-9-10-20-35(33)40(36)27-30/h1-27H. The van der Waals surface area contributed by atoms with Gasteiger partial charge in [0.2, 0.25) is 0 Å². The molecule has 0 spiro atoms. The second kappa shape index (κ2) is 11.3. The van der Waals surface area contributed by atoms with Crippen molar-refractivity contribution in [3.8, 4) is 45.3 Å². The molecule has 0 aliphatic carbocycles. The van der Waals surface area contributed by atoms with E-state index in [0.717, 1.165) is 16.7 Å². The molecule has 0 aliphatic heterocycles. The third-order valence-corrected chi connectivity index (χ3v) is 12.2. The molecule has 0 aliphatic rings. The van der Waals surface area contributed by atoms with Gasteiger partial charge in [-0.15, -0.1) is 0 Å². The fraction of sp³-hybridized carbons (Fsp3) is 0. The molecule has 3 nitrogen and oxygen atoms in total. The number of aromatic nitrogens is 3. The molecule has 0 atom stereocenters. The van der Waals surface area contributed by atoms with Crippen LogP contribution in [0.1, 0.15) is 0 Å². The molecule has 0 unspecified atom stereocenters. The van der Waals surface area contributed by atoms with E-state index in [1.54, 1.807) is 0 Å². The first kappa shape index (κ1) is 28.1. The maximum absolute atomic E-state index is 5.26. The topological polar surface area (TPSA) is 38.7 Å². The molecule has 4 heteroatoms. The van der Waals surface area contributed by atoms with Gasteiger partial charge in [-0.05, 0) is 0 Å². The SMILES string of the molecule is c1ccc(-c2nc(-c3ccc4c5ccccc5c5ccccc5c4c3)nc(-c3cccc4c3[se]c3c(-c5ccccc5)cccc34)n2)cc1. The van der Waals surface area contributed by atoms with E-state index in [4.69, 9.17) is 15.0 Å². The van der Waals surface area contributed by atoms with Crippen molar-refractivity contribution in [1.29, 1.82) is 0 Å². The summed E-state index contributed by atoms with van der Waals surface area (Å²) in [5.41, 5.74) is 5.57. The molecule has 10 rings (SSSR count). The molecule has 0 saturated heterocycles. The summed E-state index contributed by atoms with van der Waals surface area (Å²) in [5.74, 6) is 2.06. The zero-order chi connectivity index (χ0) is 32.3. The van der Waals surface area contributed by atoms with Gasteiger partial charge in [-0.2, -0.15) is 0 Å². The average Bonchev–Trinajstić information content (AvgIpc) is 3.58. The van der Waals surface area contributed by atoms with Crippen molar-refractivity contribution in [2.24, 2.45) is 0 Å². The predicted octanol–water partition coefficient (Wildman–Crippen LogP) is 11.4. The van der Waals surface area contributed by atoms with Crippen LogP contribution in [0.2, 0.25) is 0 Å². The maximum atomic E-state index is 5.26. The fourth-order valence-corrected chi connectivity index (χ4v) is 10.1. The summed E-state index contributed by atoms with van der Waals surface area (Å²) in [7, 11) is 0. The van der Waals surface area contributed by atoms with Crippen molar-refractivity contribution >= 4 is 66.1 Å². The van der Waals surface area contributed by atoms with Crippen molar-refractivity contribution in [3.05, 3.63) is 164 Å². The van der Waals surface area contributed by atoms with Crippen LogP contribution in [-0.4, -0.2) is 29.5 Å². The number of benzene rings is 8. The number of fused-ring (bicyclic) bond motifs is 9. The Balaban J connectivity index is 1.22. The number of hydrogen-bond donors (Lipinski definition) is 0. The molecule has 0 fully saturated rings. The Morgan fingerprint density at radius 2 is 0.735 bits per heavy atom. The molecule has 10 aromatic rings. The van der Waals surface area contributed by atoms with Crippen molar-refractivity contribution in [3.63, 3.8) is 0 Å². The number of nitrogens with zero attached hydrogens (tertiary/aromatic N) is 3. The van der Waals surface area contributed by atoms with Crippen molar-refractivity contribution in [2.45, 2.75) is 0 Å². The Bertz CT molecular complexity index is 2840. The number of hydrogen-bond acceptors (Lipinski definition) is 3. The predicted molar refractivity (Wildman–Crippen MR) is 206 cm³/mol. The van der Waals surface area contributed by atoms with Gasteiger partial charge in [0.25, 0.3) is 0 Å². The van der Waals surface area contributed by atoms with Crippen LogP contribution in [0.25, 0.3) is 96.9 Å². The van der Waals surface area contributed by atoms with Crippen LogP contribution in [0.5, 0.6) is 0 Å². The summed E-state index contributed by atoms with van der Waals surface area (Å²) >= 11 is 0.0797. The van der Waals surface area contributed by atoms with Gasteiger partial charge in [-0.3, -0.25) is 0 Å². The number of rotatable bonds is 4. The van der Waals surface area contributed by atoms with E-state index < -0.39 is 0 Å². The van der Waals surface area contributed by atoms with Gasteiger partial charge < -0.3 is 0 Å². The van der Waals surface area contributed by atoms with E-state index in [2.05, 4.69) is 146 Å². The van der Waals surface area contributed by atoms with Crippen LogP contribution in [0.4, 0.5) is 0 Å². The Kier molecular flexibility index (Phi) is 6.51. The first-order valence-electron chi connectivity index (χ1n) is 16.5. The molecule has 228 valence electrons. The quantitative estimate of drug-likeness (QED) is 0.136. The van der Waals surface area contributed by atoms with E-state index in [-0.39, 0.29) is 14.5 Å². The van der Waals surface area contributed by atoms with Crippen LogP contribution < -0.4 is 0 Å². The molecule has 0 radical (unpaired) electrons. The molecular weight excluding hydrogens is 661 g/mol. The third-order valence-electron chi connectivity index (χ3n) is 9.52. The van der Waals surface area contributed by atoms with Gasteiger partial charge in [0.05, 0.1) is 0 Å². The molecule has 0 N–H and O–H groups in total. The van der Waals surface area contributed by atoms with Gasteiger partial charge in [-0.25, -0.2) is 0 Å². The summed E-state index contributed by atoms with van der Waals surface area (Å²) in [6.45, 7) is 0. The minimum absolute atomic E-state index is 0.0797. The van der Waals surface area contributed by atoms with Gasteiger partial charge in [-0.1, -0.05) is 6.07 Å². The fourth-order valence-electron chi connectivity index (χ4n) is 7.23. The van der Waals surface area contributed by atoms with E-state index in [0.29, 0.717) is 17.5 Å². The Hall–Kier alpha value is -5.93. The second-order valence-electron chi connectivity index (χ2n) is 12.4. The normalized spacial score (nSPS) is 11.7. The zero-order valence-electron chi connectivity index (χ0n) is 26.3. The molecule has 2 heterocycles. The monoisotopic (exact) mass is 689 g/mol. The summed E-state index contributed by atoms with van der Waals surface area (Å²) in [6, 6.07) is 58.3. The van der Waals surface area contributed by atoms with E-state index >= 15 is 0 Å². The van der Waals surface area contributed by atoms with Crippen molar-refractivity contribution in [1.82, 2.24) is 15.0 Å². The van der Waals surface area contributed by atoms with Gasteiger partial charge in [0, 0.05) is 0 Å². The van der Waals surface area contributed by atoms with Gasteiger partial charge in [0.1, 0.15) is 0 Å². The van der Waals surface area contributed by atoms with Crippen LogP contribution in [0, 0.1) is 0 Å². The van der Waals surface area contributed by atoms with Crippen LogP contribution >= 0.6 is 0 Å². The molecule has 0 amide bonds. The Morgan fingerprint density at radius 1 is 0.286 bits per heavy atom.